The van der Waals surface area contributed by atoms with Gasteiger partial charge < -0.3 is 4.74 Å². The predicted octanol–water partition coefficient (Wildman–Crippen LogP) is 3.17. The first-order valence-electron chi connectivity index (χ1n) is 7.55. The average molecular weight is 368 g/mol. The Morgan fingerprint density at radius 2 is 1.96 bits per heavy atom. The zero-order valence-electron chi connectivity index (χ0n) is 13.8. The zero-order valence-corrected chi connectivity index (χ0v) is 15.4. The lowest BCUT2D eigenvalue weighted by atomic mass is 10.0. The van der Waals surface area contributed by atoms with Crippen LogP contribution in [0.1, 0.15) is 37.1 Å². The first-order valence-corrected chi connectivity index (χ1v) is 9.85. The molecular formula is C16H20N2O4S2. The molecule has 1 heterocycles. The molecule has 1 N–H and O–H groups in total. The molecule has 6 nitrogen and oxygen atoms in total. The van der Waals surface area contributed by atoms with Crippen LogP contribution in [0.25, 0.3) is 0 Å². The van der Waals surface area contributed by atoms with Crippen molar-refractivity contribution < 1.29 is 17.9 Å². The Balaban J connectivity index is 2.09. The van der Waals surface area contributed by atoms with E-state index in [1.165, 1.54) is 6.20 Å². The molecule has 0 aliphatic rings. The fourth-order valence-electron chi connectivity index (χ4n) is 2.00. The van der Waals surface area contributed by atoms with Crippen molar-refractivity contribution in [3.63, 3.8) is 0 Å². The molecule has 2 aromatic rings. The summed E-state index contributed by atoms with van der Waals surface area (Å²) in [5.41, 5.74) is 1.07. The smallest absolute Gasteiger partial charge is 0.311 e. The molecule has 0 spiro atoms. The Morgan fingerprint density at radius 3 is 2.54 bits per heavy atom. The van der Waals surface area contributed by atoms with Gasteiger partial charge in [-0.3, -0.25) is 9.52 Å². The van der Waals surface area contributed by atoms with Crippen LogP contribution in [-0.2, 0) is 26.0 Å². The van der Waals surface area contributed by atoms with E-state index in [0.717, 1.165) is 16.9 Å². The first kappa shape index (κ1) is 18.4. The van der Waals surface area contributed by atoms with Crippen molar-refractivity contribution >= 4 is 32.5 Å². The average Bonchev–Trinajstić information content (AvgIpc) is 2.93. The number of nitrogens with zero attached hydrogens (tertiary/aromatic N) is 1. The number of sulfonamides is 1. The van der Waals surface area contributed by atoms with Gasteiger partial charge in [-0.1, -0.05) is 26.0 Å². The second kappa shape index (κ2) is 7.76. The van der Waals surface area contributed by atoms with Crippen molar-refractivity contribution in [1.82, 2.24) is 4.98 Å². The second-order valence-corrected chi connectivity index (χ2v) is 8.24. The molecule has 0 amide bonds. The first-order chi connectivity index (χ1) is 11.3. The second-order valence-electron chi connectivity index (χ2n) is 5.44. The zero-order chi connectivity index (χ0) is 17.7. The van der Waals surface area contributed by atoms with E-state index in [-0.39, 0.29) is 22.4 Å². The highest BCUT2D eigenvalue weighted by Gasteiger charge is 2.17. The minimum atomic E-state index is -3.70. The molecule has 0 aliphatic heterocycles. The fourth-order valence-corrected chi connectivity index (χ4v) is 4.04. The maximum atomic E-state index is 12.4. The van der Waals surface area contributed by atoms with E-state index in [0.29, 0.717) is 17.4 Å². The number of carbonyl (C=O) groups excluding carboxylic acids is 1. The Labute approximate surface area is 145 Å². The molecule has 8 heteroatoms. The summed E-state index contributed by atoms with van der Waals surface area (Å²) in [6.07, 6.45) is 1.55. The topological polar surface area (TPSA) is 85.4 Å². The van der Waals surface area contributed by atoms with Gasteiger partial charge in [0.25, 0.3) is 10.0 Å². The molecular weight excluding hydrogens is 348 g/mol. The van der Waals surface area contributed by atoms with Gasteiger partial charge in [0.2, 0.25) is 0 Å². The molecule has 0 aliphatic carbocycles. The van der Waals surface area contributed by atoms with Gasteiger partial charge in [0, 0.05) is 11.1 Å². The summed E-state index contributed by atoms with van der Waals surface area (Å²) in [6.45, 7) is 6.13. The van der Waals surface area contributed by atoms with Crippen LogP contribution >= 0.6 is 11.3 Å². The van der Waals surface area contributed by atoms with Crippen LogP contribution in [0.15, 0.2) is 35.4 Å². The number of hydrogen-bond acceptors (Lipinski definition) is 6. The number of rotatable bonds is 7. The highest BCUT2D eigenvalue weighted by Crippen LogP contribution is 2.23. The van der Waals surface area contributed by atoms with Gasteiger partial charge >= 0.3 is 5.97 Å². The Kier molecular flexibility index (Phi) is 5.95. The SMILES string of the molecule is CCOC(=O)Cc1cnc(NS(=O)(=O)c2ccc(C(C)C)cc2)s1. The summed E-state index contributed by atoms with van der Waals surface area (Å²) in [6, 6.07) is 6.75. The number of benzene rings is 1. The summed E-state index contributed by atoms with van der Waals surface area (Å²) < 4.78 is 32.1. The monoisotopic (exact) mass is 368 g/mol. The minimum Gasteiger partial charge on any atom is -0.466 e. The summed E-state index contributed by atoms with van der Waals surface area (Å²) in [4.78, 5) is 16.3. The molecule has 1 aromatic carbocycles. The molecule has 0 atom stereocenters. The van der Waals surface area contributed by atoms with Crippen LogP contribution in [0.2, 0.25) is 0 Å². The number of anilines is 1. The summed E-state index contributed by atoms with van der Waals surface area (Å²) >= 11 is 1.11. The number of carbonyl (C=O) groups is 1. The van der Waals surface area contributed by atoms with E-state index < -0.39 is 10.0 Å². The van der Waals surface area contributed by atoms with Gasteiger partial charge in [-0.2, -0.15) is 0 Å². The quantitative estimate of drug-likeness (QED) is 0.759. The van der Waals surface area contributed by atoms with Crippen LogP contribution in [0, 0.1) is 0 Å². The molecule has 2 rings (SSSR count). The van der Waals surface area contributed by atoms with E-state index in [2.05, 4.69) is 9.71 Å². The van der Waals surface area contributed by atoms with Crippen molar-refractivity contribution in [3.8, 4) is 0 Å². The van der Waals surface area contributed by atoms with Crippen LogP contribution in [-0.4, -0.2) is 26.0 Å². The predicted molar refractivity (Wildman–Crippen MR) is 93.8 cm³/mol. The third-order valence-corrected chi connectivity index (χ3v) is 5.65. The van der Waals surface area contributed by atoms with E-state index in [4.69, 9.17) is 4.74 Å². The number of thiazole rings is 1. The van der Waals surface area contributed by atoms with Gasteiger partial charge in [-0.05, 0) is 30.5 Å². The van der Waals surface area contributed by atoms with Crippen molar-refractivity contribution in [2.45, 2.75) is 38.0 Å². The van der Waals surface area contributed by atoms with E-state index in [1.807, 2.05) is 13.8 Å². The van der Waals surface area contributed by atoms with Gasteiger partial charge in [0.1, 0.15) is 0 Å². The molecule has 1 aromatic heterocycles. The van der Waals surface area contributed by atoms with Crippen LogP contribution < -0.4 is 4.72 Å². The molecule has 24 heavy (non-hydrogen) atoms. The highest BCUT2D eigenvalue weighted by molar-refractivity contribution is 7.93. The maximum Gasteiger partial charge on any atom is 0.311 e. The van der Waals surface area contributed by atoms with E-state index in [9.17, 15) is 13.2 Å². The van der Waals surface area contributed by atoms with Gasteiger partial charge in [-0.15, -0.1) is 11.3 Å². The summed E-state index contributed by atoms with van der Waals surface area (Å²) in [7, 11) is -3.70. The molecule has 0 saturated carbocycles. The number of aromatic nitrogens is 1. The molecule has 0 saturated heterocycles. The van der Waals surface area contributed by atoms with Crippen molar-refractivity contribution in [1.29, 1.82) is 0 Å². The number of esters is 1. The summed E-state index contributed by atoms with van der Waals surface area (Å²) in [5.74, 6) is -0.0288. The number of ether oxygens (including phenoxy) is 1. The minimum absolute atomic E-state index is 0.0797. The fraction of sp³-hybridized carbons (Fsp3) is 0.375. The van der Waals surface area contributed by atoms with Gasteiger partial charge in [0.15, 0.2) is 5.13 Å². The van der Waals surface area contributed by atoms with Crippen LogP contribution in [0.4, 0.5) is 5.13 Å². The maximum absolute atomic E-state index is 12.4. The molecule has 0 bridgehead atoms. The Morgan fingerprint density at radius 1 is 1.29 bits per heavy atom. The molecule has 130 valence electrons. The normalized spacial score (nSPS) is 11.5. The van der Waals surface area contributed by atoms with E-state index >= 15 is 0 Å². The lowest BCUT2D eigenvalue weighted by molar-refractivity contribution is -0.142. The molecule has 0 fully saturated rings. The third kappa shape index (κ3) is 4.78. The molecule has 0 unspecified atom stereocenters. The van der Waals surface area contributed by atoms with Crippen LogP contribution in [0.5, 0.6) is 0 Å². The van der Waals surface area contributed by atoms with Crippen molar-refractivity contribution in [3.05, 3.63) is 40.9 Å². The van der Waals surface area contributed by atoms with Crippen molar-refractivity contribution in [2.75, 3.05) is 11.3 Å². The largest absolute Gasteiger partial charge is 0.466 e. The Hall–Kier alpha value is -1.93. The van der Waals surface area contributed by atoms with Crippen molar-refractivity contribution in [2.24, 2.45) is 0 Å². The summed E-state index contributed by atoms with van der Waals surface area (Å²) in [5, 5.41) is 0.224. The lowest BCUT2D eigenvalue weighted by Gasteiger charge is -2.08. The third-order valence-electron chi connectivity index (χ3n) is 3.26. The van der Waals surface area contributed by atoms with Gasteiger partial charge in [0.05, 0.1) is 17.9 Å². The number of hydrogen-bond donors (Lipinski definition) is 1. The lowest BCUT2D eigenvalue weighted by Crippen LogP contribution is -2.12. The standard InChI is InChI=1S/C16H20N2O4S2/c1-4-22-15(19)9-13-10-17-16(23-13)18-24(20,21)14-7-5-12(6-8-14)11(2)3/h5-8,10-11H,4,9H2,1-3H3,(H,17,18). The van der Waals surface area contributed by atoms with Crippen LogP contribution in [0.3, 0.4) is 0 Å². The molecule has 0 radical (unpaired) electrons. The highest BCUT2D eigenvalue weighted by atomic mass is 32.2. The van der Waals surface area contributed by atoms with Gasteiger partial charge in [-0.25, -0.2) is 13.4 Å². The Bertz CT molecular complexity index is 796. The van der Waals surface area contributed by atoms with E-state index in [1.54, 1.807) is 31.2 Å². The number of nitrogens with one attached hydrogen (secondary N) is 1.